The second-order valence-electron chi connectivity index (χ2n) is 5.26. The summed E-state index contributed by atoms with van der Waals surface area (Å²) in [6, 6.07) is 12.1. The molecule has 1 aliphatic heterocycles. The Bertz CT molecular complexity index is 749. The summed E-state index contributed by atoms with van der Waals surface area (Å²) in [7, 11) is 1.57. The number of hydrogen-bond acceptors (Lipinski definition) is 5. The standard InChI is InChI=1S/C18H16O5/c1-11(19)22-13-5-3-12(4-6-13)17-10-16(20)15-8-7-14(21-2)9-18(15)23-17/h3-9,17H,10H2,1-2H3. The van der Waals surface area contributed by atoms with Crippen molar-refractivity contribution in [2.45, 2.75) is 19.4 Å². The average molecular weight is 312 g/mol. The van der Waals surface area contributed by atoms with Crippen molar-refractivity contribution in [1.82, 2.24) is 0 Å². The van der Waals surface area contributed by atoms with Gasteiger partial charge in [0, 0.05) is 13.0 Å². The zero-order chi connectivity index (χ0) is 16.4. The number of rotatable bonds is 3. The highest BCUT2D eigenvalue weighted by Crippen LogP contribution is 2.37. The molecule has 0 fully saturated rings. The Balaban J connectivity index is 1.84. The molecule has 0 N–H and O–H groups in total. The van der Waals surface area contributed by atoms with Crippen molar-refractivity contribution in [3.63, 3.8) is 0 Å². The molecule has 1 unspecified atom stereocenters. The zero-order valence-electron chi connectivity index (χ0n) is 12.9. The maximum absolute atomic E-state index is 12.3. The van der Waals surface area contributed by atoms with Gasteiger partial charge in [-0.2, -0.15) is 0 Å². The highest BCUT2D eigenvalue weighted by molar-refractivity contribution is 6.00. The molecule has 2 aromatic rings. The topological polar surface area (TPSA) is 61.8 Å². The fourth-order valence-corrected chi connectivity index (χ4v) is 2.53. The molecule has 0 bridgehead atoms. The summed E-state index contributed by atoms with van der Waals surface area (Å²) in [6.07, 6.45) is -0.0971. The highest BCUT2D eigenvalue weighted by atomic mass is 16.5. The number of ether oxygens (including phenoxy) is 3. The van der Waals surface area contributed by atoms with Crippen LogP contribution in [0.5, 0.6) is 17.2 Å². The van der Waals surface area contributed by atoms with Gasteiger partial charge in [0.1, 0.15) is 23.4 Å². The summed E-state index contributed by atoms with van der Waals surface area (Å²) >= 11 is 0. The van der Waals surface area contributed by atoms with Gasteiger partial charge in [0.2, 0.25) is 0 Å². The van der Waals surface area contributed by atoms with Gasteiger partial charge in [-0.25, -0.2) is 0 Å². The molecule has 118 valence electrons. The number of ketones is 1. The van der Waals surface area contributed by atoms with E-state index >= 15 is 0 Å². The first-order valence-electron chi connectivity index (χ1n) is 7.23. The molecule has 23 heavy (non-hydrogen) atoms. The van der Waals surface area contributed by atoms with Crippen LogP contribution in [-0.2, 0) is 4.79 Å². The van der Waals surface area contributed by atoms with Crippen LogP contribution in [0.15, 0.2) is 42.5 Å². The molecule has 5 nitrogen and oxygen atoms in total. The molecule has 0 aliphatic carbocycles. The predicted octanol–water partition coefficient (Wildman–Crippen LogP) is 3.33. The van der Waals surface area contributed by atoms with E-state index in [0.717, 1.165) is 5.56 Å². The van der Waals surface area contributed by atoms with E-state index in [1.54, 1.807) is 49.6 Å². The molecule has 0 radical (unpaired) electrons. The Labute approximate surface area is 133 Å². The summed E-state index contributed by atoms with van der Waals surface area (Å²) < 4.78 is 16.1. The van der Waals surface area contributed by atoms with E-state index in [4.69, 9.17) is 14.2 Å². The van der Waals surface area contributed by atoms with Crippen LogP contribution in [0.4, 0.5) is 0 Å². The van der Waals surface area contributed by atoms with Crippen LogP contribution < -0.4 is 14.2 Å². The molecular weight excluding hydrogens is 296 g/mol. The van der Waals surface area contributed by atoms with E-state index in [9.17, 15) is 9.59 Å². The largest absolute Gasteiger partial charge is 0.497 e. The van der Waals surface area contributed by atoms with Crippen molar-refractivity contribution in [2.75, 3.05) is 7.11 Å². The Morgan fingerprint density at radius 3 is 2.48 bits per heavy atom. The van der Waals surface area contributed by atoms with Crippen molar-refractivity contribution in [3.05, 3.63) is 53.6 Å². The Morgan fingerprint density at radius 2 is 1.83 bits per heavy atom. The van der Waals surface area contributed by atoms with Crippen molar-refractivity contribution in [1.29, 1.82) is 0 Å². The van der Waals surface area contributed by atoms with Crippen molar-refractivity contribution in [2.24, 2.45) is 0 Å². The summed E-state index contributed by atoms with van der Waals surface area (Å²) in [5.41, 5.74) is 1.42. The van der Waals surface area contributed by atoms with E-state index in [0.29, 0.717) is 22.8 Å². The van der Waals surface area contributed by atoms with Gasteiger partial charge < -0.3 is 14.2 Å². The number of hydrogen-bond donors (Lipinski definition) is 0. The minimum Gasteiger partial charge on any atom is -0.497 e. The normalized spacial score (nSPS) is 16.3. The molecular formula is C18H16O5. The van der Waals surface area contributed by atoms with E-state index in [2.05, 4.69) is 0 Å². The van der Waals surface area contributed by atoms with Crippen molar-refractivity contribution < 1.29 is 23.8 Å². The van der Waals surface area contributed by atoms with Crippen molar-refractivity contribution in [3.8, 4) is 17.2 Å². The molecule has 1 heterocycles. The summed E-state index contributed by atoms with van der Waals surface area (Å²) in [4.78, 5) is 23.2. The minimum atomic E-state index is -0.372. The molecule has 0 amide bonds. The monoisotopic (exact) mass is 312 g/mol. The Morgan fingerprint density at radius 1 is 1.13 bits per heavy atom. The maximum atomic E-state index is 12.3. The van der Waals surface area contributed by atoms with Crippen LogP contribution in [0, 0.1) is 0 Å². The van der Waals surface area contributed by atoms with Crippen LogP contribution in [0.25, 0.3) is 0 Å². The molecule has 1 atom stereocenters. The van der Waals surface area contributed by atoms with Gasteiger partial charge in [0.15, 0.2) is 5.78 Å². The van der Waals surface area contributed by atoms with Crippen molar-refractivity contribution >= 4 is 11.8 Å². The van der Waals surface area contributed by atoms with Gasteiger partial charge in [-0.1, -0.05) is 12.1 Å². The fraction of sp³-hybridized carbons (Fsp3) is 0.222. The molecule has 3 rings (SSSR count). The second-order valence-corrected chi connectivity index (χ2v) is 5.26. The third-order valence-electron chi connectivity index (χ3n) is 3.64. The summed E-state index contributed by atoms with van der Waals surface area (Å²) in [5.74, 6) is 1.29. The zero-order valence-corrected chi connectivity index (χ0v) is 12.9. The summed E-state index contributed by atoms with van der Waals surface area (Å²) in [5, 5.41) is 0. The van der Waals surface area contributed by atoms with Gasteiger partial charge in [-0.05, 0) is 29.8 Å². The number of benzene rings is 2. The third kappa shape index (κ3) is 3.18. The van der Waals surface area contributed by atoms with E-state index in [1.165, 1.54) is 6.92 Å². The van der Waals surface area contributed by atoms with Crippen LogP contribution in [0.1, 0.15) is 35.4 Å². The molecule has 0 saturated carbocycles. The quantitative estimate of drug-likeness (QED) is 0.642. The average Bonchev–Trinajstić information content (AvgIpc) is 2.54. The molecule has 5 heteroatoms. The van der Waals surface area contributed by atoms with Gasteiger partial charge >= 0.3 is 5.97 Å². The number of carbonyl (C=O) groups excluding carboxylic acids is 2. The third-order valence-corrected chi connectivity index (χ3v) is 3.64. The van der Waals surface area contributed by atoms with E-state index in [1.807, 2.05) is 0 Å². The number of fused-ring (bicyclic) bond motifs is 1. The number of methoxy groups -OCH3 is 1. The van der Waals surface area contributed by atoms with Gasteiger partial charge in [-0.15, -0.1) is 0 Å². The van der Waals surface area contributed by atoms with Crippen LogP contribution in [-0.4, -0.2) is 18.9 Å². The lowest BCUT2D eigenvalue weighted by molar-refractivity contribution is -0.131. The number of Topliss-reactive ketones (excluding diaryl/α,β-unsaturated/α-hetero) is 1. The van der Waals surface area contributed by atoms with Crippen LogP contribution >= 0.6 is 0 Å². The number of carbonyl (C=O) groups is 2. The summed E-state index contributed by atoms with van der Waals surface area (Å²) in [6.45, 7) is 1.35. The van der Waals surface area contributed by atoms with Crippen LogP contribution in [0.2, 0.25) is 0 Å². The first kappa shape index (κ1) is 15.1. The lowest BCUT2D eigenvalue weighted by Crippen LogP contribution is -2.20. The molecule has 2 aromatic carbocycles. The smallest absolute Gasteiger partial charge is 0.308 e. The molecule has 0 saturated heterocycles. The number of esters is 1. The molecule has 0 spiro atoms. The minimum absolute atomic E-state index is 0.0305. The highest BCUT2D eigenvalue weighted by Gasteiger charge is 2.28. The molecule has 0 aromatic heterocycles. The lowest BCUT2D eigenvalue weighted by atomic mass is 9.96. The van der Waals surface area contributed by atoms with Gasteiger partial charge in [-0.3, -0.25) is 9.59 Å². The molecule has 1 aliphatic rings. The fourth-order valence-electron chi connectivity index (χ4n) is 2.53. The second kappa shape index (κ2) is 6.12. The SMILES string of the molecule is COc1ccc2c(c1)OC(c1ccc(OC(C)=O)cc1)CC2=O. The van der Waals surface area contributed by atoms with Gasteiger partial charge in [0.25, 0.3) is 0 Å². The first-order chi connectivity index (χ1) is 11.1. The lowest BCUT2D eigenvalue weighted by Gasteiger charge is -2.26. The first-order valence-corrected chi connectivity index (χ1v) is 7.23. The van der Waals surface area contributed by atoms with Gasteiger partial charge in [0.05, 0.1) is 19.1 Å². The maximum Gasteiger partial charge on any atom is 0.308 e. The van der Waals surface area contributed by atoms with E-state index < -0.39 is 0 Å². The Hall–Kier alpha value is -2.82. The predicted molar refractivity (Wildman–Crippen MR) is 83.1 cm³/mol. The Kier molecular flexibility index (Phi) is 4.02. The van der Waals surface area contributed by atoms with Crippen LogP contribution in [0.3, 0.4) is 0 Å². The van der Waals surface area contributed by atoms with E-state index in [-0.39, 0.29) is 24.3 Å².